The summed E-state index contributed by atoms with van der Waals surface area (Å²) in [5.74, 6) is 0.665. The molecule has 2 saturated heterocycles. The molecule has 26 heavy (non-hydrogen) atoms. The first-order valence-corrected chi connectivity index (χ1v) is 10.2. The van der Waals surface area contributed by atoms with E-state index >= 15 is 0 Å². The predicted molar refractivity (Wildman–Crippen MR) is 106 cm³/mol. The maximum atomic E-state index is 12.7. The van der Waals surface area contributed by atoms with Crippen molar-refractivity contribution in [3.63, 3.8) is 0 Å². The second-order valence-corrected chi connectivity index (χ2v) is 8.35. The lowest BCUT2D eigenvalue weighted by molar-refractivity contribution is 0.0488. The lowest BCUT2D eigenvalue weighted by Gasteiger charge is -2.43. The van der Waals surface area contributed by atoms with Crippen molar-refractivity contribution in [1.29, 1.82) is 0 Å². The van der Waals surface area contributed by atoms with E-state index in [0.717, 1.165) is 37.6 Å². The van der Waals surface area contributed by atoms with Gasteiger partial charge in [-0.3, -0.25) is 9.69 Å². The number of likely N-dealkylation sites (N-methyl/N-ethyl adjacent to an activating group) is 1. The Morgan fingerprint density at radius 2 is 2.00 bits per heavy atom. The first kappa shape index (κ1) is 17.5. The number of anilines is 1. The Hall–Kier alpha value is -1.92. The van der Waals surface area contributed by atoms with Crippen LogP contribution < -0.4 is 5.32 Å². The summed E-state index contributed by atoms with van der Waals surface area (Å²) in [5, 5.41) is 5.65. The van der Waals surface area contributed by atoms with Gasteiger partial charge >= 0.3 is 0 Å². The van der Waals surface area contributed by atoms with Crippen LogP contribution >= 0.6 is 11.3 Å². The molecule has 2 aromatic rings. The Labute approximate surface area is 159 Å². The van der Waals surface area contributed by atoms with Gasteiger partial charge in [-0.2, -0.15) is 0 Å². The molecule has 0 aliphatic carbocycles. The highest BCUT2D eigenvalue weighted by Crippen LogP contribution is 2.44. The molecule has 1 spiro atoms. The molecule has 0 bridgehead atoms. The van der Waals surface area contributed by atoms with Crippen molar-refractivity contribution in [2.24, 2.45) is 0 Å². The zero-order valence-corrected chi connectivity index (χ0v) is 16.3. The molecule has 1 aromatic heterocycles. The number of carbonyl (C=O) groups excluding carboxylic acids is 1. The van der Waals surface area contributed by atoms with Crippen LogP contribution in [0.2, 0.25) is 0 Å². The van der Waals surface area contributed by atoms with Crippen molar-refractivity contribution >= 4 is 22.4 Å². The lowest BCUT2D eigenvalue weighted by Crippen LogP contribution is -2.52. The van der Waals surface area contributed by atoms with Crippen molar-refractivity contribution in [1.82, 2.24) is 14.8 Å². The van der Waals surface area contributed by atoms with Crippen molar-refractivity contribution in [2.45, 2.75) is 30.7 Å². The van der Waals surface area contributed by atoms with E-state index in [2.05, 4.69) is 52.6 Å². The van der Waals surface area contributed by atoms with Gasteiger partial charge in [-0.1, -0.05) is 30.3 Å². The number of nitrogens with one attached hydrogen (secondary N) is 1. The fraction of sp³-hybridized carbons (Fsp3) is 0.500. The Balaban J connectivity index is 1.42. The van der Waals surface area contributed by atoms with Crippen molar-refractivity contribution in [2.75, 3.05) is 39.0 Å². The predicted octanol–water partition coefficient (Wildman–Crippen LogP) is 3.28. The summed E-state index contributed by atoms with van der Waals surface area (Å²) in [7, 11) is 4.08. The molecule has 4 rings (SSSR count). The third-order valence-corrected chi connectivity index (χ3v) is 6.98. The van der Waals surface area contributed by atoms with Crippen LogP contribution in [0.4, 0.5) is 5.13 Å². The summed E-state index contributed by atoms with van der Waals surface area (Å²) < 4.78 is 0. The normalized spacial score (nSPS) is 22.7. The monoisotopic (exact) mass is 370 g/mol. The highest BCUT2D eigenvalue weighted by atomic mass is 32.1. The lowest BCUT2D eigenvalue weighted by atomic mass is 9.81. The van der Waals surface area contributed by atoms with Crippen LogP contribution in [0.15, 0.2) is 35.7 Å². The number of hydrogen-bond acceptors (Lipinski definition) is 5. The topological polar surface area (TPSA) is 48.5 Å². The highest BCUT2D eigenvalue weighted by Gasteiger charge is 2.46. The molecule has 2 aliphatic heterocycles. The minimum absolute atomic E-state index is 0.0675. The molecule has 6 heteroatoms. The number of aromatic nitrogens is 1. The van der Waals surface area contributed by atoms with E-state index in [1.54, 1.807) is 0 Å². The zero-order chi connectivity index (χ0) is 18.1. The number of benzene rings is 1. The van der Waals surface area contributed by atoms with E-state index < -0.39 is 0 Å². The first-order chi connectivity index (χ1) is 12.6. The van der Waals surface area contributed by atoms with E-state index in [0.29, 0.717) is 11.6 Å². The molecule has 1 atom stereocenters. The van der Waals surface area contributed by atoms with Gasteiger partial charge in [-0.25, -0.2) is 4.98 Å². The molecule has 0 radical (unpaired) electrons. The van der Waals surface area contributed by atoms with Gasteiger partial charge < -0.3 is 10.2 Å². The van der Waals surface area contributed by atoms with Gasteiger partial charge in [0.1, 0.15) is 5.69 Å². The van der Waals surface area contributed by atoms with Crippen molar-refractivity contribution < 1.29 is 4.79 Å². The molecule has 2 fully saturated rings. The Kier molecular flexibility index (Phi) is 4.71. The highest BCUT2D eigenvalue weighted by molar-refractivity contribution is 7.13. The third kappa shape index (κ3) is 3.12. The fourth-order valence-corrected chi connectivity index (χ4v) is 5.16. The molecule has 0 saturated carbocycles. The van der Waals surface area contributed by atoms with Gasteiger partial charge in [0.25, 0.3) is 5.91 Å². The van der Waals surface area contributed by atoms with E-state index in [1.165, 1.54) is 23.3 Å². The average molecular weight is 371 g/mol. The van der Waals surface area contributed by atoms with Crippen LogP contribution in [0, 0.1) is 0 Å². The van der Waals surface area contributed by atoms with Crippen LogP contribution in [0.1, 0.15) is 41.2 Å². The summed E-state index contributed by atoms with van der Waals surface area (Å²) in [6.07, 6.45) is 3.28. The summed E-state index contributed by atoms with van der Waals surface area (Å²) in [5.41, 5.74) is 2.24. The largest absolute Gasteiger partial charge is 0.365 e. The Morgan fingerprint density at radius 3 is 2.65 bits per heavy atom. The third-order valence-electron chi connectivity index (χ3n) is 6.12. The van der Waals surface area contributed by atoms with Crippen LogP contribution in [0.25, 0.3) is 0 Å². The minimum Gasteiger partial charge on any atom is -0.365 e. The molecule has 1 amide bonds. The molecular formula is C20H26N4OS. The SMILES string of the molecule is CNc1nc(C(=O)N2CCC3(CC2)C[C@@H](c2ccccc2)CN3C)cs1. The Morgan fingerprint density at radius 1 is 1.27 bits per heavy atom. The standard InChI is InChI=1S/C20H26N4OS/c1-21-19-22-17(14-26-19)18(25)24-10-8-20(9-11-24)12-16(13-23(20)2)15-6-4-3-5-7-15/h3-7,14,16H,8-13H2,1-2H3,(H,21,22)/t16-/m1/s1. The molecule has 1 N–H and O–H groups in total. The molecule has 5 nitrogen and oxygen atoms in total. The fourth-order valence-electron chi connectivity index (χ4n) is 4.51. The van der Waals surface area contributed by atoms with Crippen molar-refractivity contribution in [3.05, 3.63) is 47.0 Å². The number of carbonyl (C=O) groups is 1. The maximum absolute atomic E-state index is 12.7. The van der Waals surface area contributed by atoms with E-state index in [-0.39, 0.29) is 11.4 Å². The van der Waals surface area contributed by atoms with E-state index in [9.17, 15) is 4.79 Å². The number of amides is 1. The Bertz CT molecular complexity index is 767. The van der Waals surface area contributed by atoms with E-state index in [1.807, 2.05) is 17.3 Å². The average Bonchev–Trinajstić information content (AvgIpc) is 3.28. The summed E-state index contributed by atoms with van der Waals surface area (Å²) in [4.78, 5) is 21.6. The van der Waals surface area contributed by atoms with Gasteiger partial charge in [0.15, 0.2) is 5.13 Å². The summed E-state index contributed by atoms with van der Waals surface area (Å²) in [6, 6.07) is 10.8. The molecular weight excluding hydrogens is 344 g/mol. The molecule has 2 aliphatic rings. The number of likely N-dealkylation sites (tertiary alicyclic amines) is 2. The number of nitrogens with zero attached hydrogens (tertiary/aromatic N) is 3. The van der Waals surface area contributed by atoms with Gasteiger partial charge in [-0.15, -0.1) is 11.3 Å². The van der Waals surface area contributed by atoms with Gasteiger partial charge in [0.05, 0.1) is 0 Å². The van der Waals surface area contributed by atoms with Gasteiger partial charge in [0, 0.05) is 37.6 Å². The van der Waals surface area contributed by atoms with Crippen LogP contribution in [-0.4, -0.2) is 60.0 Å². The summed E-state index contributed by atoms with van der Waals surface area (Å²) >= 11 is 1.48. The van der Waals surface area contributed by atoms with Crippen LogP contribution in [0.3, 0.4) is 0 Å². The molecule has 1 aromatic carbocycles. The maximum Gasteiger partial charge on any atom is 0.273 e. The second kappa shape index (κ2) is 7.00. The second-order valence-electron chi connectivity index (χ2n) is 7.50. The number of piperidine rings is 1. The summed E-state index contributed by atoms with van der Waals surface area (Å²) in [6.45, 7) is 2.74. The minimum atomic E-state index is 0.0675. The van der Waals surface area contributed by atoms with Gasteiger partial charge in [-0.05, 0) is 37.8 Å². The van der Waals surface area contributed by atoms with Crippen LogP contribution in [-0.2, 0) is 0 Å². The van der Waals surface area contributed by atoms with Crippen molar-refractivity contribution in [3.8, 4) is 0 Å². The smallest absolute Gasteiger partial charge is 0.273 e. The molecule has 3 heterocycles. The van der Waals surface area contributed by atoms with Gasteiger partial charge in [0.2, 0.25) is 0 Å². The molecule has 0 unspecified atom stereocenters. The number of rotatable bonds is 3. The van der Waals surface area contributed by atoms with Crippen LogP contribution in [0.5, 0.6) is 0 Å². The quantitative estimate of drug-likeness (QED) is 0.901. The number of thiazole rings is 1. The molecule has 138 valence electrons. The van der Waals surface area contributed by atoms with E-state index in [4.69, 9.17) is 0 Å². The first-order valence-electron chi connectivity index (χ1n) is 9.30. The number of hydrogen-bond donors (Lipinski definition) is 1. The zero-order valence-electron chi connectivity index (χ0n) is 15.4.